The number of piperazine rings is 1. The van der Waals surface area contributed by atoms with Crippen LogP contribution in [-0.4, -0.2) is 51.2 Å². The van der Waals surface area contributed by atoms with E-state index in [0.717, 1.165) is 31.9 Å². The van der Waals surface area contributed by atoms with E-state index in [2.05, 4.69) is 29.2 Å². The lowest BCUT2D eigenvalue weighted by atomic mass is 10.1. The molecule has 1 aromatic rings. The molecule has 1 heterocycles. The molecule has 0 bridgehead atoms. The minimum absolute atomic E-state index is 0.172. The van der Waals surface area contributed by atoms with Gasteiger partial charge in [0.2, 0.25) is 0 Å². The van der Waals surface area contributed by atoms with E-state index in [0.29, 0.717) is 6.04 Å². The zero-order valence-electron chi connectivity index (χ0n) is 10.5. The summed E-state index contributed by atoms with van der Waals surface area (Å²) < 4.78 is 12.9. The van der Waals surface area contributed by atoms with Gasteiger partial charge in [-0.25, -0.2) is 4.39 Å². The van der Waals surface area contributed by atoms with Crippen molar-refractivity contribution in [2.45, 2.75) is 6.04 Å². The highest BCUT2D eigenvalue weighted by Gasteiger charge is 2.19. The van der Waals surface area contributed by atoms with Crippen LogP contribution in [0.3, 0.4) is 0 Å². The third-order valence-electron chi connectivity index (χ3n) is 3.03. The fourth-order valence-corrected chi connectivity index (χ4v) is 2.27. The van der Waals surface area contributed by atoms with E-state index in [9.17, 15) is 4.39 Å². The van der Waals surface area contributed by atoms with Crippen LogP contribution in [0.4, 0.5) is 10.1 Å². The monoisotopic (exact) mass is 237 g/mol. The second kappa shape index (κ2) is 5.47. The summed E-state index contributed by atoms with van der Waals surface area (Å²) in [6.45, 7) is 3.97. The Morgan fingerprint density at radius 3 is 2.71 bits per heavy atom. The van der Waals surface area contributed by atoms with Crippen LogP contribution in [-0.2, 0) is 0 Å². The number of hydrogen-bond donors (Lipinski definition) is 1. The van der Waals surface area contributed by atoms with E-state index in [1.54, 1.807) is 0 Å². The molecule has 0 aliphatic carbocycles. The Kier molecular flexibility index (Phi) is 3.97. The maximum atomic E-state index is 12.9. The van der Waals surface area contributed by atoms with E-state index in [1.165, 1.54) is 12.1 Å². The largest absolute Gasteiger partial charge is 0.369 e. The second-order valence-corrected chi connectivity index (χ2v) is 4.84. The lowest BCUT2D eigenvalue weighted by molar-refractivity contribution is 0.323. The zero-order chi connectivity index (χ0) is 12.3. The molecule has 1 aromatic carbocycles. The van der Waals surface area contributed by atoms with Crippen LogP contribution in [0.5, 0.6) is 0 Å². The average Bonchev–Trinajstić information content (AvgIpc) is 2.29. The fourth-order valence-electron chi connectivity index (χ4n) is 2.27. The van der Waals surface area contributed by atoms with Crippen molar-refractivity contribution in [3.8, 4) is 0 Å². The van der Waals surface area contributed by atoms with Crippen molar-refractivity contribution >= 4 is 5.69 Å². The number of halogens is 1. The van der Waals surface area contributed by atoms with Crippen LogP contribution in [0.2, 0.25) is 0 Å². The molecule has 1 N–H and O–H groups in total. The summed E-state index contributed by atoms with van der Waals surface area (Å²) in [5.74, 6) is -0.172. The molecule has 1 aliphatic heterocycles. The first kappa shape index (κ1) is 12.3. The van der Waals surface area contributed by atoms with Crippen molar-refractivity contribution in [3.05, 3.63) is 30.1 Å². The molecule has 0 spiro atoms. The molecule has 1 saturated heterocycles. The molecule has 0 amide bonds. The number of nitrogens with one attached hydrogen (secondary N) is 1. The van der Waals surface area contributed by atoms with Crippen molar-refractivity contribution in [1.82, 2.24) is 10.2 Å². The molecular weight excluding hydrogens is 217 g/mol. The van der Waals surface area contributed by atoms with Gasteiger partial charge in [0.05, 0.1) is 0 Å². The smallest absolute Gasteiger partial charge is 0.123 e. The average molecular weight is 237 g/mol. The number of hydrogen-bond acceptors (Lipinski definition) is 3. The summed E-state index contributed by atoms with van der Waals surface area (Å²) in [5, 5.41) is 3.50. The molecule has 4 heteroatoms. The molecule has 0 radical (unpaired) electrons. The summed E-state index contributed by atoms with van der Waals surface area (Å²) in [7, 11) is 4.16. The van der Waals surface area contributed by atoms with Crippen LogP contribution in [0.15, 0.2) is 24.3 Å². The first-order chi connectivity index (χ1) is 8.15. The van der Waals surface area contributed by atoms with Gasteiger partial charge < -0.3 is 15.1 Å². The third kappa shape index (κ3) is 3.41. The standard InChI is InChI=1S/C13H20FN3/c1-16(2)9-12-10-17(8-7-15-12)13-5-3-11(14)4-6-13/h3-6,12,15H,7-10H2,1-2H3. The summed E-state index contributed by atoms with van der Waals surface area (Å²) >= 11 is 0. The molecule has 0 saturated carbocycles. The highest BCUT2D eigenvalue weighted by Crippen LogP contribution is 2.16. The Hall–Kier alpha value is -1.13. The molecule has 3 nitrogen and oxygen atoms in total. The van der Waals surface area contributed by atoms with Crippen LogP contribution in [0, 0.1) is 5.82 Å². The number of nitrogens with zero attached hydrogens (tertiary/aromatic N) is 2. The van der Waals surface area contributed by atoms with E-state index >= 15 is 0 Å². The predicted octanol–water partition coefficient (Wildman–Crippen LogP) is 1.17. The topological polar surface area (TPSA) is 18.5 Å². The number of benzene rings is 1. The zero-order valence-corrected chi connectivity index (χ0v) is 10.5. The molecule has 2 rings (SSSR count). The SMILES string of the molecule is CN(C)CC1CN(c2ccc(F)cc2)CCN1. The van der Waals surface area contributed by atoms with E-state index < -0.39 is 0 Å². The minimum atomic E-state index is -0.172. The molecule has 1 fully saturated rings. The van der Waals surface area contributed by atoms with Gasteiger partial charge >= 0.3 is 0 Å². The second-order valence-electron chi connectivity index (χ2n) is 4.84. The maximum absolute atomic E-state index is 12.9. The Morgan fingerprint density at radius 2 is 2.06 bits per heavy atom. The molecule has 1 aliphatic rings. The van der Waals surface area contributed by atoms with Gasteiger partial charge in [0.25, 0.3) is 0 Å². The molecular formula is C13H20FN3. The van der Waals surface area contributed by atoms with Gasteiger partial charge in [-0.2, -0.15) is 0 Å². The molecule has 0 aromatic heterocycles. The molecule has 94 valence electrons. The van der Waals surface area contributed by atoms with Crippen LogP contribution in [0.1, 0.15) is 0 Å². The van der Waals surface area contributed by atoms with Gasteiger partial charge in [0, 0.05) is 37.9 Å². The van der Waals surface area contributed by atoms with E-state index in [4.69, 9.17) is 0 Å². The van der Waals surface area contributed by atoms with Crippen molar-refractivity contribution in [2.24, 2.45) is 0 Å². The fraction of sp³-hybridized carbons (Fsp3) is 0.538. The highest BCUT2D eigenvalue weighted by atomic mass is 19.1. The van der Waals surface area contributed by atoms with Crippen molar-refractivity contribution in [3.63, 3.8) is 0 Å². The van der Waals surface area contributed by atoms with Gasteiger partial charge in [0.15, 0.2) is 0 Å². The van der Waals surface area contributed by atoms with Crippen molar-refractivity contribution in [1.29, 1.82) is 0 Å². The number of rotatable bonds is 3. The van der Waals surface area contributed by atoms with Crippen molar-refractivity contribution < 1.29 is 4.39 Å². The maximum Gasteiger partial charge on any atom is 0.123 e. The summed E-state index contributed by atoms with van der Waals surface area (Å²) in [5.41, 5.74) is 1.11. The Bertz CT molecular complexity index is 350. The summed E-state index contributed by atoms with van der Waals surface area (Å²) in [6, 6.07) is 7.24. The van der Waals surface area contributed by atoms with E-state index in [-0.39, 0.29) is 5.82 Å². The summed E-state index contributed by atoms with van der Waals surface area (Å²) in [4.78, 5) is 4.50. The van der Waals surface area contributed by atoms with Crippen LogP contribution in [0.25, 0.3) is 0 Å². The Balaban J connectivity index is 1.99. The first-order valence-corrected chi connectivity index (χ1v) is 6.04. The molecule has 1 atom stereocenters. The van der Waals surface area contributed by atoms with Gasteiger partial charge in [-0.1, -0.05) is 0 Å². The third-order valence-corrected chi connectivity index (χ3v) is 3.03. The van der Waals surface area contributed by atoms with Gasteiger partial charge in [-0.05, 0) is 38.4 Å². The molecule has 17 heavy (non-hydrogen) atoms. The lowest BCUT2D eigenvalue weighted by Crippen LogP contribution is -2.54. The van der Waals surface area contributed by atoms with Gasteiger partial charge in [0.1, 0.15) is 5.82 Å². The van der Waals surface area contributed by atoms with Gasteiger partial charge in [-0.3, -0.25) is 0 Å². The Labute approximate surface area is 102 Å². The van der Waals surface area contributed by atoms with Crippen LogP contribution < -0.4 is 10.2 Å². The Morgan fingerprint density at radius 1 is 1.35 bits per heavy atom. The number of anilines is 1. The quantitative estimate of drug-likeness (QED) is 0.851. The minimum Gasteiger partial charge on any atom is -0.369 e. The van der Waals surface area contributed by atoms with Crippen molar-refractivity contribution in [2.75, 3.05) is 45.2 Å². The van der Waals surface area contributed by atoms with Gasteiger partial charge in [-0.15, -0.1) is 0 Å². The molecule has 1 unspecified atom stereocenters. The predicted molar refractivity (Wildman–Crippen MR) is 69.0 cm³/mol. The first-order valence-electron chi connectivity index (χ1n) is 6.04. The normalized spacial score (nSPS) is 20.9. The highest BCUT2D eigenvalue weighted by molar-refractivity contribution is 5.46. The number of likely N-dealkylation sites (N-methyl/N-ethyl adjacent to an activating group) is 1. The summed E-state index contributed by atoms with van der Waals surface area (Å²) in [6.07, 6.45) is 0. The van der Waals surface area contributed by atoms with E-state index in [1.807, 2.05) is 12.1 Å². The lowest BCUT2D eigenvalue weighted by Gasteiger charge is -2.36. The van der Waals surface area contributed by atoms with Crippen LogP contribution >= 0.6 is 0 Å².